The molecule has 0 saturated carbocycles. The van der Waals surface area contributed by atoms with Crippen LogP contribution in [-0.2, 0) is 14.3 Å². The first kappa shape index (κ1) is 16.8. The Bertz CT molecular complexity index is 515. The van der Waals surface area contributed by atoms with E-state index in [4.69, 9.17) is 4.74 Å². The maximum absolute atomic E-state index is 11.9. The van der Waals surface area contributed by atoms with Gasteiger partial charge in [-0.2, -0.15) is 0 Å². The van der Waals surface area contributed by atoms with Crippen molar-refractivity contribution in [2.75, 3.05) is 6.61 Å². The van der Waals surface area contributed by atoms with E-state index < -0.39 is 12.0 Å². The van der Waals surface area contributed by atoms with E-state index in [1.165, 1.54) is 12.1 Å². The van der Waals surface area contributed by atoms with Gasteiger partial charge in [-0.1, -0.05) is 13.0 Å². The number of esters is 1. The minimum absolute atomic E-state index is 0.0381. The minimum Gasteiger partial charge on any atom is -0.508 e. The van der Waals surface area contributed by atoms with E-state index >= 15 is 0 Å². The molecule has 6 nitrogen and oxygen atoms in total. The molecule has 0 radical (unpaired) electrons. The van der Waals surface area contributed by atoms with Crippen LogP contribution in [-0.4, -0.2) is 34.7 Å². The number of benzene rings is 1. The van der Waals surface area contributed by atoms with Crippen molar-refractivity contribution in [3.05, 3.63) is 23.8 Å². The smallest absolute Gasteiger partial charge is 0.328 e. The monoisotopic (exact) mass is 295 g/mol. The molecule has 1 unspecified atom stereocenters. The first-order valence-electron chi connectivity index (χ1n) is 6.83. The van der Waals surface area contributed by atoms with Crippen molar-refractivity contribution in [2.24, 2.45) is 0 Å². The SMILES string of the molecule is CCOC(=O)[C@H](C)NC(=O)CC(C)c1ccc(O)cc1O. The number of phenols is 2. The molecule has 1 amide bonds. The first-order chi connectivity index (χ1) is 9.85. The summed E-state index contributed by atoms with van der Waals surface area (Å²) < 4.78 is 4.81. The van der Waals surface area contributed by atoms with Gasteiger partial charge in [0.1, 0.15) is 17.5 Å². The molecule has 0 aliphatic heterocycles. The Labute approximate surface area is 123 Å². The first-order valence-corrected chi connectivity index (χ1v) is 6.83. The maximum Gasteiger partial charge on any atom is 0.328 e. The summed E-state index contributed by atoms with van der Waals surface area (Å²) in [7, 11) is 0. The van der Waals surface area contributed by atoms with Crippen LogP contribution in [0.5, 0.6) is 11.5 Å². The van der Waals surface area contributed by atoms with Gasteiger partial charge < -0.3 is 20.3 Å². The molecule has 1 rings (SSSR count). The van der Waals surface area contributed by atoms with Crippen molar-refractivity contribution in [3.63, 3.8) is 0 Å². The average molecular weight is 295 g/mol. The molecule has 0 bridgehead atoms. The molecule has 3 N–H and O–H groups in total. The van der Waals surface area contributed by atoms with Gasteiger partial charge in [-0.3, -0.25) is 4.79 Å². The van der Waals surface area contributed by atoms with Gasteiger partial charge in [-0.25, -0.2) is 4.79 Å². The highest BCUT2D eigenvalue weighted by Gasteiger charge is 2.19. The van der Waals surface area contributed by atoms with E-state index in [-0.39, 0.29) is 36.4 Å². The Morgan fingerprint density at radius 2 is 1.95 bits per heavy atom. The molecule has 0 heterocycles. The Balaban J connectivity index is 2.60. The molecule has 0 aliphatic rings. The van der Waals surface area contributed by atoms with Crippen LogP contribution in [0.15, 0.2) is 18.2 Å². The third-order valence-electron chi connectivity index (χ3n) is 3.05. The zero-order chi connectivity index (χ0) is 16.0. The van der Waals surface area contributed by atoms with Crippen molar-refractivity contribution in [1.82, 2.24) is 5.32 Å². The van der Waals surface area contributed by atoms with Crippen molar-refractivity contribution in [2.45, 2.75) is 39.2 Å². The topological polar surface area (TPSA) is 95.9 Å². The summed E-state index contributed by atoms with van der Waals surface area (Å²) >= 11 is 0. The highest BCUT2D eigenvalue weighted by atomic mass is 16.5. The van der Waals surface area contributed by atoms with Gasteiger partial charge in [-0.05, 0) is 31.4 Å². The number of carbonyl (C=O) groups excluding carboxylic acids is 2. The van der Waals surface area contributed by atoms with E-state index in [9.17, 15) is 19.8 Å². The summed E-state index contributed by atoms with van der Waals surface area (Å²) in [5.41, 5.74) is 0.562. The average Bonchev–Trinajstić information content (AvgIpc) is 2.38. The number of amides is 1. The van der Waals surface area contributed by atoms with E-state index in [1.807, 2.05) is 0 Å². The summed E-state index contributed by atoms with van der Waals surface area (Å²) in [6.07, 6.45) is 0.113. The molecule has 0 spiro atoms. The van der Waals surface area contributed by atoms with Gasteiger partial charge in [0.2, 0.25) is 5.91 Å². The fourth-order valence-corrected chi connectivity index (χ4v) is 1.96. The van der Waals surface area contributed by atoms with E-state index in [0.717, 1.165) is 0 Å². The third-order valence-corrected chi connectivity index (χ3v) is 3.05. The van der Waals surface area contributed by atoms with Crippen LogP contribution in [0.4, 0.5) is 0 Å². The number of aromatic hydroxyl groups is 2. The largest absolute Gasteiger partial charge is 0.508 e. The number of hydrogen-bond acceptors (Lipinski definition) is 5. The molecular formula is C15H21NO5. The predicted molar refractivity (Wildman–Crippen MR) is 77.0 cm³/mol. The third kappa shape index (κ3) is 4.98. The van der Waals surface area contributed by atoms with Crippen LogP contribution in [0.25, 0.3) is 0 Å². The summed E-state index contributed by atoms with van der Waals surface area (Å²) in [5.74, 6) is -1.14. The molecule has 0 aromatic heterocycles. The van der Waals surface area contributed by atoms with Crippen molar-refractivity contribution >= 4 is 11.9 Å². The summed E-state index contributed by atoms with van der Waals surface area (Å²) in [6, 6.07) is 3.53. The van der Waals surface area contributed by atoms with Crippen LogP contribution >= 0.6 is 0 Å². The number of nitrogens with one attached hydrogen (secondary N) is 1. The van der Waals surface area contributed by atoms with Gasteiger partial charge in [0.25, 0.3) is 0 Å². The van der Waals surface area contributed by atoms with Gasteiger partial charge in [0.05, 0.1) is 6.61 Å². The molecule has 0 saturated heterocycles. The summed E-state index contributed by atoms with van der Waals surface area (Å²) in [5, 5.41) is 21.5. The van der Waals surface area contributed by atoms with Gasteiger partial charge in [0, 0.05) is 12.5 Å². The van der Waals surface area contributed by atoms with Crippen LogP contribution in [0.1, 0.15) is 38.7 Å². The van der Waals surface area contributed by atoms with Gasteiger partial charge >= 0.3 is 5.97 Å². The second-order valence-electron chi connectivity index (χ2n) is 4.89. The van der Waals surface area contributed by atoms with Crippen LogP contribution < -0.4 is 5.32 Å². The second-order valence-corrected chi connectivity index (χ2v) is 4.89. The number of hydrogen-bond donors (Lipinski definition) is 3. The molecule has 6 heteroatoms. The highest BCUT2D eigenvalue weighted by molar-refractivity contribution is 5.84. The lowest BCUT2D eigenvalue weighted by molar-refractivity contribution is -0.146. The lowest BCUT2D eigenvalue weighted by Crippen LogP contribution is -2.39. The van der Waals surface area contributed by atoms with Gasteiger partial charge in [-0.15, -0.1) is 0 Å². The second kappa shape index (κ2) is 7.52. The fourth-order valence-electron chi connectivity index (χ4n) is 1.96. The predicted octanol–water partition coefficient (Wildman–Crippen LogP) is 1.66. The van der Waals surface area contributed by atoms with Crippen LogP contribution in [0.3, 0.4) is 0 Å². The Morgan fingerprint density at radius 3 is 2.52 bits per heavy atom. The molecule has 0 aliphatic carbocycles. The van der Waals surface area contributed by atoms with Crippen molar-refractivity contribution < 1.29 is 24.5 Å². The van der Waals surface area contributed by atoms with Crippen molar-refractivity contribution in [1.29, 1.82) is 0 Å². The normalized spacial score (nSPS) is 13.3. The summed E-state index contributed by atoms with van der Waals surface area (Å²) in [4.78, 5) is 23.3. The molecule has 1 aromatic carbocycles. The number of carbonyl (C=O) groups is 2. The Kier molecular flexibility index (Phi) is 6.02. The summed E-state index contributed by atoms with van der Waals surface area (Å²) in [6.45, 7) is 5.29. The lowest BCUT2D eigenvalue weighted by atomic mass is 9.96. The molecule has 0 fully saturated rings. The maximum atomic E-state index is 11.9. The zero-order valence-corrected chi connectivity index (χ0v) is 12.4. The van der Waals surface area contributed by atoms with E-state index in [1.54, 1.807) is 26.8 Å². The van der Waals surface area contributed by atoms with Gasteiger partial charge in [0.15, 0.2) is 0 Å². The molecule has 2 atom stereocenters. The van der Waals surface area contributed by atoms with E-state index in [0.29, 0.717) is 5.56 Å². The number of ether oxygens (including phenoxy) is 1. The number of phenolic OH excluding ortho intramolecular Hbond substituents is 2. The zero-order valence-electron chi connectivity index (χ0n) is 12.4. The molecule has 21 heavy (non-hydrogen) atoms. The molecular weight excluding hydrogens is 274 g/mol. The van der Waals surface area contributed by atoms with Crippen LogP contribution in [0.2, 0.25) is 0 Å². The van der Waals surface area contributed by atoms with E-state index in [2.05, 4.69) is 5.32 Å². The fraction of sp³-hybridized carbons (Fsp3) is 0.467. The highest BCUT2D eigenvalue weighted by Crippen LogP contribution is 2.30. The minimum atomic E-state index is -0.710. The standard InChI is InChI=1S/C15H21NO5/c1-4-21-15(20)10(3)16-14(19)7-9(2)12-6-5-11(17)8-13(12)18/h5-6,8-10,17-18H,4,7H2,1-3H3,(H,16,19)/t9?,10-/m0/s1. The number of rotatable bonds is 6. The Hall–Kier alpha value is -2.24. The quantitative estimate of drug-likeness (QED) is 0.694. The Morgan fingerprint density at radius 1 is 1.29 bits per heavy atom. The van der Waals surface area contributed by atoms with Crippen molar-refractivity contribution in [3.8, 4) is 11.5 Å². The van der Waals surface area contributed by atoms with Crippen LogP contribution in [0, 0.1) is 0 Å². The molecule has 1 aromatic rings. The lowest BCUT2D eigenvalue weighted by Gasteiger charge is -2.16. The molecule has 116 valence electrons.